The summed E-state index contributed by atoms with van der Waals surface area (Å²) in [6.07, 6.45) is 1.59. The summed E-state index contributed by atoms with van der Waals surface area (Å²) in [6, 6.07) is 14.5. The van der Waals surface area contributed by atoms with E-state index in [2.05, 4.69) is 20.9 Å². The quantitative estimate of drug-likeness (QED) is 0.462. The van der Waals surface area contributed by atoms with E-state index >= 15 is 0 Å². The predicted octanol–water partition coefficient (Wildman–Crippen LogP) is 3.70. The lowest BCUT2D eigenvalue weighted by molar-refractivity contribution is 0.0710. The van der Waals surface area contributed by atoms with Gasteiger partial charge in [0, 0.05) is 26.2 Å². The second kappa shape index (κ2) is 8.69. The number of carbonyl (C=O) groups excluding carboxylic acids is 1. The number of ether oxygens (including phenoxy) is 1. The average Bonchev–Trinajstić information content (AvgIpc) is 3.52. The van der Waals surface area contributed by atoms with Gasteiger partial charge in [-0.05, 0) is 35.7 Å². The van der Waals surface area contributed by atoms with Crippen molar-refractivity contribution in [2.24, 2.45) is 0 Å². The van der Waals surface area contributed by atoms with Gasteiger partial charge in [-0.1, -0.05) is 12.1 Å². The maximum atomic E-state index is 12.9. The third kappa shape index (κ3) is 3.88. The minimum Gasteiger partial charge on any atom is -0.484 e. The van der Waals surface area contributed by atoms with Gasteiger partial charge >= 0.3 is 0 Å². The Morgan fingerprint density at radius 2 is 1.97 bits per heavy atom. The minimum absolute atomic E-state index is 0.142. The molecular formula is C23H19N5O3S. The standard InChI is InChI=1S/C23H19N5O3S/c24-13-16-3-1-2-4-19(16)30-14-17-5-6-20(31-17)23(29)28-10-8-27(9-11-28)21-18-7-12-32-22(18)26-15-25-21/h1-7,12,15H,8-11,14H2. The van der Waals surface area contributed by atoms with Crippen LogP contribution in [0.2, 0.25) is 0 Å². The van der Waals surface area contributed by atoms with E-state index in [9.17, 15) is 4.79 Å². The third-order valence-electron chi connectivity index (χ3n) is 5.36. The molecule has 9 heteroatoms. The van der Waals surface area contributed by atoms with Crippen LogP contribution in [0.5, 0.6) is 5.75 Å². The van der Waals surface area contributed by atoms with Gasteiger partial charge in [0.15, 0.2) is 5.76 Å². The van der Waals surface area contributed by atoms with Crippen LogP contribution in [-0.2, 0) is 6.61 Å². The molecule has 0 aliphatic carbocycles. The summed E-state index contributed by atoms with van der Waals surface area (Å²) in [5.41, 5.74) is 0.455. The number of fused-ring (bicyclic) bond motifs is 1. The van der Waals surface area contributed by atoms with Crippen LogP contribution in [0, 0.1) is 11.3 Å². The molecule has 4 aromatic rings. The Balaban J connectivity index is 1.20. The molecule has 5 rings (SSSR count). The van der Waals surface area contributed by atoms with Crippen LogP contribution in [0.3, 0.4) is 0 Å². The molecule has 0 unspecified atom stereocenters. The zero-order chi connectivity index (χ0) is 21.9. The number of hydrogen-bond acceptors (Lipinski definition) is 8. The molecule has 1 saturated heterocycles. The molecule has 0 radical (unpaired) electrons. The molecule has 4 heterocycles. The van der Waals surface area contributed by atoms with E-state index in [1.54, 1.807) is 59.0 Å². The van der Waals surface area contributed by atoms with Crippen molar-refractivity contribution in [2.45, 2.75) is 6.61 Å². The van der Waals surface area contributed by atoms with Gasteiger partial charge in [0.25, 0.3) is 5.91 Å². The first-order valence-electron chi connectivity index (χ1n) is 10.2. The number of benzene rings is 1. The number of aromatic nitrogens is 2. The molecule has 1 amide bonds. The van der Waals surface area contributed by atoms with E-state index in [1.807, 2.05) is 11.4 Å². The number of anilines is 1. The van der Waals surface area contributed by atoms with Crippen LogP contribution < -0.4 is 9.64 Å². The topological polar surface area (TPSA) is 95.5 Å². The second-order valence-electron chi connectivity index (χ2n) is 7.28. The van der Waals surface area contributed by atoms with Gasteiger partial charge in [0.05, 0.1) is 10.9 Å². The van der Waals surface area contributed by atoms with Crippen LogP contribution in [-0.4, -0.2) is 47.0 Å². The molecule has 0 N–H and O–H groups in total. The Labute approximate surface area is 188 Å². The highest BCUT2D eigenvalue weighted by Gasteiger charge is 2.26. The fourth-order valence-electron chi connectivity index (χ4n) is 3.71. The lowest BCUT2D eigenvalue weighted by Crippen LogP contribution is -2.49. The van der Waals surface area contributed by atoms with Crippen molar-refractivity contribution in [1.82, 2.24) is 14.9 Å². The highest BCUT2D eigenvalue weighted by Crippen LogP contribution is 2.27. The molecule has 3 aromatic heterocycles. The normalized spacial score (nSPS) is 13.8. The molecule has 0 bridgehead atoms. The first-order chi connectivity index (χ1) is 15.7. The molecule has 1 aromatic carbocycles. The maximum Gasteiger partial charge on any atom is 0.289 e. The van der Waals surface area contributed by atoms with E-state index in [-0.39, 0.29) is 18.3 Å². The lowest BCUT2D eigenvalue weighted by Gasteiger charge is -2.35. The fraction of sp³-hybridized carbons (Fsp3) is 0.217. The predicted molar refractivity (Wildman–Crippen MR) is 120 cm³/mol. The van der Waals surface area contributed by atoms with Gasteiger partial charge in [-0.25, -0.2) is 9.97 Å². The molecule has 0 saturated carbocycles. The number of hydrogen-bond donors (Lipinski definition) is 0. The van der Waals surface area contributed by atoms with Gasteiger partial charge in [-0.15, -0.1) is 11.3 Å². The smallest absolute Gasteiger partial charge is 0.289 e. The molecule has 160 valence electrons. The first-order valence-corrected chi connectivity index (χ1v) is 11.0. The summed E-state index contributed by atoms with van der Waals surface area (Å²) >= 11 is 1.59. The number of rotatable bonds is 5. The minimum atomic E-state index is -0.142. The SMILES string of the molecule is N#Cc1ccccc1OCc1ccc(C(=O)N2CCN(c3ncnc4sccc34)CC2)o1. The zero-order valence-electron chi connectivity index (χ0n) is 17.1. The molecular weight excluding hydrogens is 426 g/mol. The third-order valence-corrected chi connectivity index (χ3v) is 6.18. The molecule has 0 atom stereocenters. The summed E-state index contributed by atoms with van der Waals surface area (Å²) in [6.45, 7) is 2.68. The van der Waals surface area contributed by atoms with Crippen LogP contribution in [0.1, 0.15) is 21.9 Å². The van der Waals surface area contributed by atoms with E-state index in [1.165, 1.54) is 0 Å². The Kier molecular flexibility index (Phi) is 5.44. The summed E-state index contributed by atoms with van der Waals surface area (Å²) in [5, 5.41) is 12.2. The van der Waals surface area contributed by atoms with Gasteiger partial charge in [-0.3, -0.25) is 4.79 Å². The summed E-state index contributed by atoms with van der Waals surface area (Å²) in [5.74, 6) is 2.07. The molecule has 1 fully saturated rings. The Hall–Kier alpha value is -3.90. The number of amides is 1. The largest absolute Gasteiger partial charge is 0.484 e. The van der Waals surface area contributed by atoms with E-state index in [0.717, 1.165) is 16.0 Å². The highest BCUT2D eigenvalue weighted by molar-refractivity contribution is 7.16. The number of furan rings is 1. The van der Waals surface area contributed by atoms with E-state index in [4.69, 9.17) is 14.4 Å². The first kappa shape index (κ1) is 20.0. The van der Waals surface area contributed by atoms with Crippen LogP contribution in [0.25, 0.3) is 10.2 Å². The van der Waals surface area contributed by atoms with Crippen molar-refractivity contribution in [2.75, 3.05) is 31.1 Å². The summed E-state index contributed by atoms with van der Waals surface area (Å²) < 4.78 is 11.4. The van der Waals surface area contributed by atoms with Crippen molar-refractivity contribution in [3.63, 3.8) is 0 Å². The Morgan fingerprint density at radius 3 is 2.81 bits per heavy atom. The van der Waals surface area contributed by atoms with Crippen LogP contribution in [0.15, 0.2) is 58.6 Å². The summed E-state index contributed by atoms with van der Waals surface area (Å²) in [4.78, 5) is 26.6. The van der Waals surface area contributed by atoms with Crippen molar-refractivity contribution in [1.29, 1.82) is 5.26 Å². The number of piperazine rings is 1. The Morgan fingerprint density at radius 1 is 1.12 bits per heavy atom. The second-order valence-corrected chi connectivity index (χ2v) is 8.17. The monoisotopic (exact) mass is 445 g/mol. The zero-order valence-corrected chi connectivity index (χ0v) is 17.9. The molecule has 32 heavy (non-hydrogen) atoms. The number of thiophene rings is 1. The lowest BCUT2D eigenvalue weighted by atomic mass is 10.2. The van der Waals surface area contributed by atoms with Gasteiger partial charge in [0.2, 0.25) is 0 Å². The average molecular weight is 446 g/mol. The van der Waals surface area contributed by atoms with E-state index < -0.39 is 0 Å². The maximum absolute atomic E-state index is 12.9. The fourth-order valence-corrected chi connectivity index (χ4v) is 4.44. The molecule has 8 nitrogen and oxygen atoms in total. The van der Waals surface area contributed by atoms with Crippen molar-refractivity contribution >= 4 is 33.3 Å². The number of nitrogens with zero attached hydrogens (tertiary/aromatic N) is 5. The van der Waals surface area contributed by atoms with Gasteiger partial charge in [-0.2, -0.15) is 5.26 Å². The molecule has 0 spiro atoms. The number of carbonyl (C=O) groups is 1. The number of para-hydroxylation sites is 1. The van der Waals surface area contributed by atoms with Crippen LogP contribution in [0.4, 0.5) is 5.82 Å². The molecule has 1 aliphatic heterocycles. The van der Waals surface area contributed by atoms with Crippen LogP contribution >= 0.6 is 11.3 Å². The van der Waals surface area contributed by atoms with Gasteiger partial charge < -0.3 is 19.0 Å². The Bertz CT molecular complexity index is 1300. The van der Waals surface area contributed by atoms with Gasteiger partial charge in [0.1, 0.15) is 41.2 Å². The van der Waals surface area contributed by atoms with E-state index in [0.29, 0.717) is 43.3 Å². The van der Waals surface area contributed by atoms with Crippen molar-refractivity contribution < 1.29 is 13.9 Å². The summed E-state index contributed by atoms with van der Waals surface area (Å²) in [7, 11) is 0. The highest BCUT2D eigenvalue weighted by atomic mass is 32.1. The number of nitriles is 1. The van der Waals surface area contributed by atoms with Crippen molar-refractivity contribution in [3.8, 4) is 11.8 Å². The van der Waals surface area contributed by atoms with Crippen molar-refractivity contribution in [3.05, 3.63) is 71.3 Å². The molecule has 1 aliphatic rings.